The third kappa shape index (κ3) is 4.16. The van der Waals surface area contributed by atoms with E-state index in [4.69, 9.17) is 20.9 Å². The molecule has 2 aromatic heterocycles. The molecule has 140 valence electrons. The van der Waals surface area contributed by atoms with Crippen molar-refractivity contribution in [3.63, 3.8) is 0 Å². The minimum atomic E-state index is -3.05. The maximum Gasteiger partial charge on any atom is 0.331 e. The molecule has 0 aromatic carbocycles. The minimum absolute atomic E-state index is 0.00637. The van der Waals surface area contributed by atoms with Crippen LogP contribution in [0.3, 0.4) is 0 Å². The Morgan fingerprint density at radius 2 is 2.27 bits per heavy atom. The number of nitrogens with zero attached hydrogens (tertiary/aromatic N) is 3. The molecule has 0 N–H and O–H groups in total. The summed E-state index contributed by atoms with van der Waals surface area (Å²) in [5.41, 5.74) is 1.69. The minimum Gasteiger partial charge on any atom is -0.456 e. The van der Waals surface area contributed by atoms with Crippen molar-refractivity contribution in [3.05, 3.63) is 40.0 Å². The van der Waals surface area contributed by atoms with Crippen LogP contribution in [0.15, 0.2) is 16.7 Å². The third-order valence-electron chi connectivity index (χ3n) is 4.05. The SMILES string of the molecule is Cc1cc(COC(=O)/C=C/c2c(C)nn([C@@H]3CCS(=O)(=O)C3)c2Cl)no1. The molecule has 1 fully saturated rings. The van der Waals surface area contributed by atoms with Crippen LogP contribution in [0.25, 0.3) is 6.08 Å². The molecule has 2 aromatic rings. The van der Waals surface area contributed by atoms with Gasteiger partial charge in [-0.25, -0.2) is 17.9 Å². The van der Waals surface area contributed by atoms with Crippen LogP contribution in [-0.2, 0) is 26.0 Å². The molecule has 8 nitrogen and oxygen atoms in total. The number of hydrogen-bond donors (Lipinski definition) is 0. The molecule has 0 unspecified atom stereocenters. The number of aromatic nitrogens is 3. The van der Waals surface area contributed by atoms with E-state index in [9.17, 15) is 13.2 Å². The van der Waals surface area contributed by atoms with Crippen molar-refractivity contribution in [3.8, 4) is 0 Å². The molecule has 1 atom stereocenters. The van der Waals surface area contributed by atoms with Gasteiger partial charge in [-0.1, -0.05) is 16.8 Å². The Morgan fingerprint density at radius 3 is 2.88 bits per heavy atom. The molecule has 0 radical (unpaired) electrons. The topological polar surface area (TPSA) is 104 Å². The molecule has 1 saturated heterocycles. The molecule has 10 heteroatoms. The smallest absolute Gasteiger partial charge is 0.331 e. The highest BCUT2D eigenvalue weighted by molar-refractivity contribution is 7.91. The highest BCUT2D eigenvalue weighted by atomic mass is 35.5. The number of hydrogen-bond acceptors (Lipinski definition) is 7. The van der Waals surface area contributed by atoms with E-state index >= 15 is 0 Å². The van der Waals surface area contributed by atoms with E-state index < -0.39 is 15.8 Å². The van der Waals surface area contributed by atoms with Crippen molar-refractivity contribution in [2.45, 2.75) is 32.9 Å². The van der Waals surface area contributed by atoms with E-state index in [-0.39, 0.29) is 24.2 Å². The number of rotatable bonds is 5. The predicted molar refractivity (Wildman–Crippen MR) is 94.4 cm³/mol. The van der Waals surface area contributed by atoms with Gasteiger partial charge in [-0.05, 0) is 26.3 Å². The summed E-state index contributed by atoms with van der Waals surface area (Å²) in [7, 11) is -3.05. The van der Waals surface area contributed by atoms with Gasteiger partial charge in [0, 0.05) is 17.7 Å². The standard InChI is InChI=1S/C16H18ClN3O5S/c1-10-7-12(19-25-10)8-24-15(21)4-3-14-11(2)18-20(16(14)17)13-5-6-26(22,23)9-13/h3-4,7,13H,5-6,8-9H2,1-2H3/b4-3+/t13-/m1/s1. The molecule has 0 bridgehead atoms. The Morgan fingerprint density at radius 1 is 1.50 bits per heavy atom. The average molecular weight is 400 g/mol. The Kier molecular flexibility index (Phi) is 5.19. The lowest BCUT2D eigenvalue weighted by Gasteiger charge is -2.09. The lowest BCUT2D eigenvalue weighted by atomic mass is 10.2. The summed E-state index contributed by atoms with van der Waals surface area (Å²) in [5.74, 6) is 0.231. The first-order valence-corrected chi connectivity index (χ1v) is 10.2. The van der Waals surface area contributed by atoms with E-state index in [0.717, 1.165) is 0 Å². The predicted octanol–water partition coefficient (Wildman–Crippen LogP) is 2.26. The van der Waals surface area contributed by atoms with Gasteiger partial charge in [0.25, 0.3) is 0 Å². The fourth-order valence-corrected chi connectivity index (χ4v) is 4.83. The number of aryl methyl sites for hydroxylation is 2. The van der Waals surface area contributed by atoms with E-state index in [0.29, 0.717) is 34.3 Å². The zero-order chi connectivity index (χ0) is 18.9. The van der Waals surface area contributed by atoms with Crippen LogP contribution in [0.5, 0.6) is 0 Å². The van der Waals surface area contributed by atoms with E-state index in [2.05, 4.69) is 10.3 Å². The van der Waals surface area contributed by atoms with Gasteiger partial charge < -0.3 is 9.26 Å². The Labute approximate surface area is 155 Å². The molecule has 3 rings (SSSR count). The van der Waals surface area contributed by atoms with Crippen LogP contribution in [0.1, 0.15) is 35.2 Å². The van der Waals surface area contributed by atoms with Gasteiger partial charge in [0.05, 0.1) is 23.2 Å². The molecule has 0 spiro atoms. The largest absolute Gasteiger partial charge is 0.456 e. The van der Waals surface area contributed by atoms with E-state index in [1.165, 1.54) is 16.8 Å². The molecular formula is C16H18ClN3O5S. The second-order valence-corrected chi connectivity index (χ2v) is 8.75. The van der Waals surface area contributed by atoms with Crippen LogP contribution < -0.4 is 0 Å². The van der Waals surface area contributed by atoms with E-state index in [1.54, 1.807) is 19.9 Å². The highest BCUT2D eigenvalue weighted by Crippen LogP contribution is 2.30. The quantitative estimate of drug-likeness (QED) is 0.560. The fourth-order valence-electron chi connectivity index (χ4n) is 2.76. The number of halogens is 1. The second kappa shape index (κ2) is 7.24. The van der Waals surface area contributed by atoms with Crippen molar-refractivity contribution in [2.75, 3.05) is 11.5 Å². The Hall–Kier alpha value is -2.13. The first-order chi connectivity index (χ1) is 12.2. The normalized spacial score (nSPS) is 19.3. The highest BCUT2D eigenvalue weighted by Gasteiger charge is 2.31. The summed E-state index contributed by atoms with van der Waals surface area (Å²) in [6, 6.07) is 1.40. The summed E-state index contributed by atoms with van der Waals surface area (Å²) in [5, 5.41) is 8.37. The van der Waals surface area contributed by atoms with Crippen LogP contribution in [0.4, 0.5) is 0 Å². The molecule has 1 aliphatic heterocycles. The molecular weight excluding hydrogens is 382 g/mol. The number of esters is 1. The first-order valence-electron chi connectivity index (χ1n) is 7.97. The Bertz CT molecular complexity index is 961. The maximum atomic E-state index is 11.9. The lowest BCUT2D eigenvalue weighted by molar-refractivity contribution is -0.139. The second-order valence-electron chi connectivity index (χ2n) is 6.16. The first kappa shape index (κ1) is 18.7. The van der Waals surface area contributed by atoms with Crippen LogP contribution >= 0.6 is 11.6 Å². The van der Waals surface area contributed by atoms with Gasteiger partial charge in [0.1, 0.15) is 23.2 Å². The van der Waals surface area contributed by atoms with Crippen molar-refractivity contribution in [1.82, 2.24) is 14.9 Å². The van der Waals surface area contributed by atoms with Crippen molar-refractivity contribution in [2.24, 2.45) is 0 Å². The zero-order valence-corrected chi connectivity index (χ0v) is 15.9. The number of carbonyl (C=O) groups is 1. The monoisotopic (exact) mass is 399 g/mol. The van der Waals surface area contributed by atoms with Gasteiger partial charge in [-0.15, -0.1) is 0 Å². The molecule has 3 heterocycles. The zero-order valence-electron chi connectivity index (χ0n) is 14.3. The van der Waals surface area contributed by atoms with Crippen molar-refractivity contribution < 1.29 is 22.5 Å². The molecule has 0 amide bonds. The number of carbonyl (C=O) groups excluding carboxylic acids is 1. The van der Waals surface area contributed by atoms with Crippen LogP contribution in [0.2, 0.25) is 5.15 Å². The Balaban J connectivity index is 1.67. The summed E-state index contributed by atoms with van der Waals surface area (Å²) in [6.07, 6.45) is 3.24. The van der Waals surface area contributed by atoms with Gasteiger partial charge >= 0.3 is 5.97 Å². The van der Waals surface area contributed by atoms with Gasteiger partial charge in [0.2, 0.25) is 0 Å². The fraction of sp³-hybridized carbons (Fsp3) is 0.438. The number of sulfone groups is 1. The van der Waals surface area contributed by atoms with Crippen LogP contribution in [0, 0.1) is 13.8 Å². The van der Waals surface area contributed by atoms with Crippen molar-refractivity contribution in [1.29, 1.82) is 0 Å². The summed E-state index contributed by atoms with van der Waals surface area (Å²) in [6.45, 7) is 3.50. The third-order valence-corrected chi connectivity index (χ3v) is 6.18. The maximum absolute atomic E-state index is 11.9. The molecule has 0 aliphatic carbocycles. The summed E-state index contributed by atoms with van der Waals surface area (Å²) >= 11 is 6.34. The van der Waals surface area contributed by atoms with Gasteiger partial charge in [-0.2, -0.15) is 5.10 Å². The van der Waals surface area contributed by atoms with Gasteiger partial charge in [-0.3, -0.25) is 0 Å². The molecule has 26 heavy (non-hydrogen) atoms. The average Bonchev–Trinajstić information content (AvgIpc) is 3.22. The molecule has 0 saturated carbocycles. The lowest BCUT2D eigenvalue weighted by Crippen LogP contribution is -2.12. The van der Waals surface area contributed by atoms with Gasteiger partial charge in [0.15, 0.2) is 9.84 Å². The van der Waals surface area contributed by atoms with E-state index in [1.807, 2.05) is 0 Å². The van der Waals surface area contributed by atoms with Crippen LogP contribution in [-0.4, -0.2) is 40.8 Å². The summed E-state index contributed by atoms with van der Waals surface area (Å²) < 4.78 is 34.8. The summed E-state index contributed by atoms with van der Waals surface area (Å²) in [4.78, 5) is 11.9. The molecule has 1 aliphatic rings. The van der Waals surface area contributed by atoms with Crippen molar-refractivity contribution >= 4 is 33.5 Å². The number of ether oxygens (including phenoxy) is 1.